The summed E-state index contributed by atoms with van der Waals surface area (Å²) in [6.45, 7) is 2.63. The fraction of sp³-hybridized carbons (Fsp3) is 0.562. The van der Waals surface area contributed by atoms with Gasteiger partial charge in [-0.15, -0.1) is 0 Å². The van der Waals surface area contributed by atoms with Gasteiger partial charge >= 0.3 is 0 Å². The third-order valence-electron chi connectivity index (χ3n) is 4.45. The van der Waals surface area contributed by atoms with Gasteiger partial charge in [-0.1, -0.05) is 12.8 Å². The van der Waals surface area contributed by atoms with Gasteiger partial charge in [-0.25, -0.2) is 0 Å². The number of hydrogen-bond acceptors (Lipinski definition) is 3. The molecule has 0 radical (unpaired) electrons. The molecule has 0 heterocycles. The lowest BCUT2D eigenvalue weighted by atomic mass is 9.63. The van der Waals surface area contributed by atoms with E-state index in [1.54, 1.807) is 0 Å². The van der Waals surface area contributed by atoms with Crippen molar-refractivity contribution in [3.8, 4) is 11.5 Å². The van der Waals surface area contributed by atoms with Gasteiger partial charge in [0.05, 0.1) is 12.0 Å². The topological polar surface area (TPSA) is 35.5 Å². The summed E-state index contributed by atoms with van der Waals surface area (Å²) in [5, 5.41) is 0. The van der Waals surface area contributed by atoms with E-state index in [0.717, 1.165) is 37.2 Å². The minimum absolute atomic E-state index is 0.0837. The summed E-state index contributed by atoms with van der Waals surface area (Å²) in [4.78, 5) is 11.9. The van der Waals surface area contributed by atoms with Crippen LogP contribution in [0.4, 0.5) is 0 Å². The Kier molecular flexibility index (Phi) is 3.21. The van der Waals surface area contributed by atoms with E-state index in [9.17, 15) is 4.79 Å². The number of carbonyl (C=O) groups excluding carboxylic acids is 1. The summed E-state index contributed by atoms with van der Waals surface area (Å²) in [6, 6.07) is 7.69. The number of rotatable bonds is 4. The fourth-order valence-corrected chi connectivity index (χ4v) is 3.32. The average molecular weight is 260 g/mol. The van der Waals surface area contributed by atoms with Crippen LogP contribution in [-0.2, 0) is 4.79 Å². The van der Waals surface area contributed by atoms with Crippen LogP contribution >= 0.6 is 0 Å². The Morgan fingerprint density at radius 3 is 2.37 bits per heavy atom. The molecule has 2 saturated carbocycles. The zero-order valence-corrected chi connectivity index (χ0v) is 11.4. The van der Waals surface area contributed by atoms with Gasteiger partial charge in [0, 0.05) is 6.42 Å². The van der Waals surface area contributed by atoms with Crippen LogP contribution in [-0.4, -0.2) is 18.5 Å². The van der Waals surface area contributed by atoms with Crippen molar-refractivity contribution in [2.24, 2.45) is 5.41 Å². The quantitative estimate of drug-likeness (QED) is 0.832. The lowest BCUT2D eigenvalue weighted by Gasteiger charge is -2.44. The molecule has 2 fully saturated rings. The summed E-state index contributed by atoms with van der Waals surface area (Å²) in [5.41, 5.74) is -0.154. The highest BCUT2D eigenvalue weighted by atomic mass is 16.5. The molecule has 102 valence electrons. The van der Waals surface area contributed by atoms with E-state index >= 15 is 0 Å². The van der Waals surface area contributed by atoms with E-state index < -0.39 is 0 Å². The van der Waals surface area contributed by atoms with Crippen molar-refractivity contribution in [3.63, 3.8) is 0 Å². The summed E-state index contributed by atoms with van der Waals surface area (Å²) in [7, 11) is 0. The zero-order valence-electron chi connectivity index (χ0n) is 11.4. The molecule has 19 heavy (non-hydrogen) atoms. The van der Waals surface area contributed by atoms with Crippen molar-refractivity contribution in [2.75, 3.05) is 6.61 Å². The van der Waals surface area contributed by atoms with Crippen LogP contribution in [0.3, 0.4) is 0 Å². The van der Waals surface area contributed by atoms with Crippen LogP contribution in [0.5, 0.6) is 11.5 Å². The molecule has 0 aromatic heterocycles. The monoisotopic (exact) mass is 260 g/mol. The molecule has 0 saturated heterocycles. The molecule has 1 atom stereocenters. The molecular weight excluding hydrogens is 240 g/mol. The second kappa shape index (κ2) is 4.87. The van der Waals surface area contributed by atoms with E-state index in [1.807, 2.05) is 31.2 Å². The predicted molar refractivity (Wildman–Crippen MR) is 72.6 cm³/mol. The molecule has 3 nitrogen and oxygen atoms in total. The van der Waals surface area contributed by atoms with E-state index in [2.05, 4.69) is 0 Å². The molecule has 3 heteroatoms. The first-order valence-electron chi connectivity index (χ1n) is 7.17. The van der Waals surface area contributed by atoms with Gasteiger partial charge in [0.25, 0.3) is 0 Å². The molecule has 1 spiro atoms. The zero-order chi connectivity index (χ0) is 13.3. The molecule has 2 aliphatic carbocycles. The van der Waals surface area contributed by atoms with Crippen molar-refractivity contribution >= 4 is 5.78 Å². The van der Waals surface area contributed by atoms with Crippen LogP contribution in [0.25, 0.3) is 0 Å². The third-order valence-corrected chi connectivity index (χ3v) is 4.45. The number of ketones is 1. The van der Waals surface area contributed by atoms with E-state index in [0.29, 0.717) is 18.8 Å². The van der Waals surface area contributed by atoms with E-state index in [1.165, 1.54) is 0 Å². The maximum Gasteiger partial charge on any atom is 0.146 e. The lowest BCUT2D eigenvalue weighted by molar-refractivity contribution is -0.151. The van der Waals surface area contributed by atoms with Gasteiger partial charge in [-0.2, -0.15) is 0 Å². The maximum atomic E-state index is 11.9. The maximum absolute atomic E-state index is 11.9. The van der Waals surface area contributed by atoms with Gasteiger partial charge in [0.15, 0.2) is 0 Å². The summed E-state index contributed by atoms with van der Waals surface area (Å²) >= 11 is 0. The highest BCUT2D eigenvalue weighted by Crippen LogP contribution is 2.51. The number of ether oxygens (including phenoxy) is 2. The van der Waals surface area contributed by atoms with Crippen LogP contribution in [0, 0.1) is 5.41 Å². The molecule has 0 aliphatic heterocycles. The lowest BCUT2D eigenvalue weighted by Crippen LogP contribution is -2.55. The summed E-state index contributed by atoms with van der Waals surface area (Å²) in [6.07, 6.45) is 5.00. The first kappa shape index (κ1) is 12.5. The van der Waals surface area contributed by atoms with Crippen molar-refractivity contribution in [2.45, 2.75) is 45.1 Å². The SMILES string of the molecule is CCOc1ccc(OC2CC(=O)C23CCCC3)cc1. The number of hydrogen-bond donors (Lipinski definition) is 0. The predicted octanol–water partition coefficient (Wildman–Crippen LogP) is 3.37. The van der Waals surface area contributed by atoms with Crippen molar-refractivity contribution < 1.29 is 14.3 Å². The van der Waals surface area contributed by atoms with Gasteiger partial charge in [-0.05, 0) is 44.0 Å². The largest absolute Gasteiger partial charge is 0.494 e. The van der Waals surface area contributed by atoms with Crippen LogP contribution in [0.2, 0.25) is 0 Å². The third kappa shape index (κ3) is 2.11. The first-order chi connectivity index (χ1) is 9.24. The van der Waals surface area contributed by atoms with Crippen LogP contribution < -0.4 is 9.47 Å². The summed E-state index contributed by atoms with van der Waals surface area (Å²) < 4.78 is 11.4. The molecular formula is C16H20O3. The Balaban J connectivity index is 1.67. The number of benzene rings is 1. The number of Topliss-reactive ketones (excluding diaryl/α,β-unsaturated/α-hetero) is 1. The van der Waals surface area contributed by atoms with Crippen molar-refractivity contribution in [1.29, 1.82) is 0 Å². The molecule has 0 N–H and O–H groups in total. The minimum Gasteiger partial charge on any atom is -0.494 e. The standard InChI is InChI=1S/C16H20O3/c1-2-18-12-5-7-13(8-6-12)19-15-11-14(17)16(15)9-3-4-10-16/h5-8,15H,2-4,9-11H2,1H3. The van der Waals surface area contributed by atoms with Crippen LogP contribution in [0.15, 0.2) is 24.3 Å². The highest BCUT2D eigenvalue weighted by molar-refractivity contribution is 5.92. The average Bonchev–Trinajstić information content (AvgIpc) is 2.93. The van der Waals surface area contributed by atoms with Crippen LogP contribution in [0.1, 0.15) is 39.0 Å². The molecule has 0 bridgehead atoms. The second-order valence-electron chi connectivity index (χ2n) is 5.50. The van der Waals surface area contributed by atoms with E-state index in [4.69, 9.17) is 9.47 Å². The minimum atomic E-state index is -0.154. The van der Waals surface area contributed by atoms with Gasteiger partial charge in [0.1, 0.15) is 23.4 Å². The fourth-order valence-electron chi connectivity index (χ4n) is 3.32. The molecule has 1 aromatic carbocycles. The Morgan fingerprint density at radius 1 is 1.16 bits per heavy atom. The number of carbonyl (C=O) groups is 1. The Hall–Kier alpha value is -1.51. The molecule has 1 unspecified atom stereocenters. The van der Waals surface area contributed by atoms with Gasteiger partial charge in [0.2, 0.25) is 0 Å². The van der Waals surface area contributed by atoms with Crippen molar-refractivity contribution in [3.05, 3.63) is 24.3 Å². The normalized spacial score (nSPS) is 24.3. The highest BCUT2D eigenvalue weighted by Gasteiger charge is 2.57. The smallest absolute Gasteiger partial charge is 0.146 e. The van der Waals surface area contributed by atoms with Gasteiger partial charge < -0.3 is 9.47 Å². The Morgan fingerprint density at radius 2 is 1.79 bits per heavy atom. The molecule has 2 aliphatic rings. The van der Waals surface area contributed by atoms with E-state index in [-0.39, 0.29) is 11.5 Å². The first-order valence-corrected chi connectivity index (χ1v) is 7.17. The Bertz CT molecular complexity index is 457. The Labute approximate surface area is 113 Å². The molecule has 0 amide bonds. The molecule has 1 aromatic rings. The summed E-state index contributed by atoms with van der Waals surface area (Å²) in [5.74, 6) is 2.10. The molecule has 3 rings (SSSR count). The second-order valence-corrected chi connectivity index (χ2v) is 5.50. The van der Waals surface area contributed by atoms with Gasteiger partial charge in [-0.3, -0.25) is 4.79 Å². The van der Waals surface area contributed by atoms with Crippen molar-refractivity contribution in [1.82, 2.24) is 0 Å².